The van der Waals surface area contributed by atoms with Crippen molar-refractivity contribution in [3.8, 4) is 5.75 Å². The third-order valence-corrected chi connectivity index (χ3v) is 3.64. The van der Waals surface area contributed by atoms with Gasteiger partial charge in [-0.15, -0.1) is 0 Å². The molecule has 0 bridgehead atoms. The molecule has 0 aromatic carbocycles. The van der Waals surface area contributed by atoms with Gasteiger partial charge in [0.1, 0.15) is 11.8 Å². The van der Waals surface area contributed by atoms with Crippen LogP contribution in [0.3, 0.4) is 0 Å². The molecule has 2 N–H and O–H groups in total. The van der Waals surface area contributed by atoms with Crippen molar-refractivity contribution in [3.63, 3.8) is 0 Å². The van der Waals surface area contributed by atoms with Crippen molar-refractivity contribution in [2.24, 2.45) is 12.1 Å². The fourth-order valence-corrected chi connectivity index (χ4v) is 2.61. The Morgan fingerprint density at radius 3 is 3.05 bits per heavy atom. The topological polar surface area (TPSA) is 97.6 Å². The Hall–Kier alpha value is -2.38. The molecule has 21 heavy (non-hydrogen) atoms. The zero-order chi connectivity index (χ0) is 14.8. The Morgan fingerprint density at radius 2 is 2.38 bits per heavy atom. The molecule has 112 valence electrons. The summed E-state index contributed by atoms with van der Waals surface area (Å²) in [4.78, 5) is 23.1. The predicted octanol–water partition coefficient (Wildman–Crippen LogP) is -0.288. The van der Waals surface area contributed by atoms with Crippen molar-refractivity contribution in [3.05, 3.63) is 12.4 Å². The Balaban J connectivity index is 1.59. The van der Waals surface area contributed by atoms with E-state index >= 15 is 0 Å². The number of carbonyl (C=O) groups excluding carboxylic acids is 2. The molecule has 1 saturated carbocycles. The summed E-state index contributed by atoms with van der Waals surface area (Å²) in [5, 5.41) is 10.7. The van der Waals surface area contributed by atoms with E-state index in [2.05, 4.69) is 20.9 Å². The SMILES string of the molecule is Cn1cc(O[C@@H]2CCC[C@@H]2NC(=O)C2=NNC(=O)C2)cn1. The third-order valence-electron chi connectivity index (χ3n) is 3.64. The van der Waals surface area contributed by atoms with E-state index in [0.29, 0.717) is 5.75 Å². The van der Waals surface area contributed by atoms with Crippen LogP contribution in [0.4, 0.5) is 0 Å². The second-order valence-electron chi connectivity index (χ2n) is 5.29. The molecule has 2 atom stereocenters. The maximum absolute atomic E-state index is 12.0. The van der Waals surface area contributed by atoms with Crippen LogP contribution < -0.4 is 15.5 Å². The predicted molar refractivity (Wildman–Crippen MR) is 73.6 cm³/mol. The number of carbonyl (C=O) groups is 2. The van der Waals surface area contributed by atoms with Gasteiger partial charge in [-0.2, -0.15) is 10.2 Å². The highest BCUT2D eigenvalue weighted by atomic mass is 16.5. The number of ether oxygens (including phenoxy) is 1. The molecule has 0 saturated heterocycles. The van der Waals surface area contributed by atoms with E-state index in [0.717, 1.165) is 19.3 Å². The molecule has 1 aliphatic carbocycles. The number of hydrogen-bond donors (Lipinski definition) is 2. The Morgan fingerprint density at radius 1 is 1.52 bits per heavy atom. The van der Waals surface area contributed by atoms with Crippen molar-refractivity contribution in [1.29, 1.82) is 0 Å². The highest BCUT2D eigenvalue weighted by Gasteiger charge is 2.32. The number of nitrogens with one attached hydrogen (secondary N) is 2. The molecule has 2 aliphatic rings. The molecule has 1 fully saturated rings. The average Bonchev–Trinajstić information content (AvgIpc) is 3.14. The van der Waals surface area contributed by atoms with Crippen molar-refractivity contribution in [2.45, 2.75) is 37.8 Å². The molecule has 8 heteroatoms. The van der Waals surface area contributed by atoms with E-state index in [4.69, 9.17) is 4.74 Å². The van der Waals surface area contributed by atoms with Crippen molar-refractivity contribution < 1.29 is 14.3 Å². The number of nitrogens with zero attached hydrogens (tertiary/aromatic N) is 3. The molecule has 1 aromatic rings. The number of hydrogen-bond acceptors (Lipinski definition) is 5. The summed E-state index contributed by atoms with van der Waals surface area (Å²) in [5.74, 6) is 0.133. The summed E-state index contributed by atoms with van der Waals surface area (Å²) >= 11 is 0. The van der Waals surface area contributed by atoms with Crippen LogP contribution in [0.5, 0.6) is 5.75 Å². The van der Waals surface area contributed by atoms with Gasteiger partial charge < -0.3 is 10.1 Å². The van der Waals surface area contributed by atoms with Gasteiger partial charge in [0.2, 0.25) is 5.91 Å². The van der Waals surface area contributed by atoms with Crippen LogP contribution in [-0.4, -0.2) is 39.5 Å². The molecular formula is C13H17N5O3. The van der Waals surface area contributed by atoms with E-state index in [1.165, 1.54) is 0 Å². The second-order valence-corrected chi connectivity index (χ2v) is 5.29. The molecule has 1 aromatic heterocycles. The lowest BCUT2D eigenvalue weighted by Gasteiger charge is -2.21. The van der Waals surface area contributed by atoms with E-state index in [-0.39, 0.29) is 36.1 Å². The fraction of sp³-hybridized carbons (Fsp3) is 0.538. The quantitative estimate of drug-likeness (QED) is 0.796. The Labute approximate surface area is 121 Å². The molecule has 0 spiro atoms. The van der Waals surface area contributed by atoms with Crippen LogP contribution in [0.2, 0.25) is 0 Å². The summed E-state index contributed by atoms with van der Waals surface area (Å²) < 4.78 is 7.54. The average molecular weight is 291 g/mol. The van der Waals surface area contributed by atoms with Crippen LogP contribution >= 0.6 is 0 Å². The van der Waals surface area contributed by atoms with Gasteiger partial charge in [0.05, 0.1) is 24.9 Å². The highest BCUT2D eigenvalue weighted by Crippen LogP contribution is 2.24. The van der Waals surface area contributed by atoms with Crippen LogP contribution in [0.15, 0.2) is 17.5 Å². The van der Waals surface area contributed by atoms with E-state index in [1.807, 2.05) is 7.05 Å². The lowest BCUT2D eigenvalue weighted by molar-refractivity contribution is -0.120. The Bertz CT molecular complexity index is 594. The largest absolute Gasteiger partial charge is 0.485 e. The first-order valence-electron chi connectivity index (χ1n) is 6.93. The second kappa shape index (κ2) is 5.55. The van der Waals surface area contributed by atoms with Crippen molar-refractivity contribution in [2.75, 3.05) is 0 Å². The van der Waals surface area contributed by atoms with Gasteiger partial charge in [-0.05, 0) is 19.3 Å². The fourth-order valence-electron chi connectivity index (χ4n) is 2.61. The summed E-state index contributed by atoms with van der Waals surface area (Å²) in [6.45, 7) is 0. The molecule has 0 radical (unpaired) electrons. The Kier molecular flexibility index (Phi) is 3.59. The van der Waals surface area contributed by atoms with Gasteiger partial charge in [0.15, 0.2) is 5.75 Å². The molecule has 2 heterocycles. The minimum Gasteiger partial charge on any atom is -0.485 e. The highest BCUT2D eigenvalue weighted by molar-refractivity contribution is 6.43. The van der Waals surface area contributed by atoms with Crippen molar-refractivity contribution in [1.82, 2.24) is 20.5 Å². The van der Waals surface area contributed by atoms with Crippen LogP contribution in [-0.2, 0) is 16.6 Å². The van der Waals surface area contributed by atoms with Gasteiger partial charge in [-0.25, -0.2) is 5.43 Å². The molecule has 3 rings (SSSR count). The minimum atomic E-state index is -0.306. The first kappa shape index (κ1) is 13.6. The standard InChI is InChI=1S/C13H17N5O3/c1-18-7-8(6-14-18)21-11-4-2-3-9(11)15-13(20)10-5-12(19)17-16-10/h6-7,9,11H,2-5H2,1H3,(H,15,20)(H,17,19)/t9-,11+/m0/s1. The summed E-state index contributed by atoms with van der Waals surface area (Å²) in [7, 11) is 1.82. The summed E-state index contributed by atoms with van der Waals surface area (Å²) in [6, 6.07) is -0.0730. The third kappa shape index (κ3) is 3.04. The number of hydrazone groups is 1. The van der Waals surface area contributed by atoms with Gasteiger partial charge >= 0.3 is 0 Å². The maximum Gasteiger partial charge on any atom is 0.268 e. The van der Waals surface area contributed by atoms with Crippen LogP contribution in [0, 0.1) is 0 Å². The lowest BCUT2D eigenvalue weighted by atomic mass is 10.2. The zero-order valence-electron chi connectivity index (χ0n) is 11.7. The summed E-state index contributed by atoms with van der Waals surface area (Å²) in [5.41, 5.74) is 2.50. The first-order chi connectivity index (χ1) is 10.1. The first-order valence-corrected chi connectivity index (χ1v) is 6.93. The molecule has 1 aliphatic heterocycles. The van der Waals surface area contributed by atoms with Crippen LogP contribution in [0.1, 0.15) is 25.7 Å². The molecule has 8 nitrogen and oxygen atoms in total. The maximum atomic E-state index is 12.0. The summed E-state index contributed by atoms with van der Waals surface area (Å²) in [6.07, 6.45) is 6.12. The monoisotopic (exact) mass is 291 g/mol. The molecular weight excluding hydrogens is 274 g/mol. The van der Waals surface area contributed by atoms with E-state index < -0.39 is 0 Å². The minimum absolute atomic E-state index is 0.0344. The van der Waals surface area contributed by atoms with Crippen LogP contribution in [0.25, 0.3) is 0 Å². The zero-order valence-corrected chi connectivity index (χ0v) is 11.7. The molecule has 0 unspecified atom stereocenters. The van der Waals surface area contributed by atoms with E-state index in [1.54, 1.807) is 17.1 Å². The van der Waals surface area contributed by atoms with Crippen molar-refractivity contribution >= 4 is 17.5 Å². The van der Waals surface area contributed by atoms with Gasteiger partial charge in [0, 0.05) is 7.05 Å². The number of aryl methyl sites for hydroxylation is 1. The normalized spacial score (nSPS) is 24.6. The lowest BCUT2D eigenvalue weighted by Crippen LogP contribution is -2.45. The van der Waals surface area contributed by atoms with E-state index in [9.17, 15) is 9.59 Å². The van der Waals surface area contributed by atoms with Gasteiger partial charge in [0.25, 0.3) is 5.91 Å². The number of rotatable bonds is 4. The smallest absolute Gasteiger partial charge is 0.268 e. The number of aromatic nitrogens is 2. The molecule has 2 amide bonds. The number of amides is 2. The van der Waals surface area contributed by atoms with Gasteiger partial charge in [-0.1, -0.05) is 0 Å². The van der Waals surface area contributed by atoms with Gasteiger partial charge in [-0.3, -0.25) is 14.3 Å².